The van der Waals surface area contributed by atoms with Gasteiger partial charge >= 0.3 is 21.1 Å². The molecule has 0 fully saturated rings. The van der Waals surface area contributed by atoms with Gasteiger partial charge in [-0.3, -0.25) is 25.1 Å². The quantitative estimate of drug-likeness (QED) is 0.173. The molecule has 8 aromatic heterocycles. The molecule has 0 spiro atoms. The summed E-state index contributed by atoms with van der Waals surface area (Å²) in [5.74, 6) is 0. The molecule has 2 N–H and O–H groups in total. The van der Waals surface area contributed by atoms with Crippen molar-refractivity contribution in [3.8, 4) is 45.6 Å². The second kappa shape index (κ2) is 23.7. The molecule has 2 aromatic carbocycles. The third kappa shape index (κ3) is 12.4. The van der Waals surface area contributed by atoms with Crippen LogP contribution >= 0.6 is 0 Å². The predicted molar refractivity (Wildman–Crippen MR) is 341 cm³/mol. The number of pyridine rings is 4. The Kier molecular flexibility index (Phi) is 17.1. The van der Waals surface area contributed by atoms with Gasteiger partial charge in [-0.1, -0.05) is 157 Å². The summed E-state index contributed by atoms with van der Waals surface area (Å²) in [6.45, 7) is 31.5. The number of H-pyrrole nitrogens is 2. The van der Waals surface area contributed by atoms with Gasteiger partial charge < -0.3 is 20.4 Å². The molecular formula is C72H86N12Pt. The molecule has 8 heterocycles. The summed E-state index contributed by atoms with van der Waals surface area (Å²) in [5, 5.41) is 39.6. The molecule has 0 unspecified atom stereocenters. The first-order chi connectivity index (χ1) is 39.9. The molecule has 0 amide bonds. The van der Waals surface area contributed by atoms with Crippen LogP contribution in [0.15, 0.2) is 110 Å². The van der Waals surface area contributed by atoms with Gasteiger partial charge in [-0.05, 0) is 157 Å². The van der Waals surface area contributed by atoms with Crippen LogP contribution in [0.5, 0.6) is 0 Å². The summed E-state index contributed by atoms with van der Waals surface area (Å²) in [7, 11) is 0. The van der Waals surface area contributed by atoms with Crippen LogP contribution in [0.25, 0.3) is 67.1 Å². The van der Waals surface area contributed by atoms with E-state index in [1.807, 2.05) is 24.8 Å². The van der Waals surface area contributed by atoms with Crippen molar-refractivity contribution >= 4 is 21.5 Å². The zero-order valence-electron chi connectivity index (χ0n) is 52.7. The van der Waals surface area contributed by atoms with Gasteiger partial charge in [0.25, 0.3) is 0 Å². The fourth-order valence-electron chi connectivity index (χ4n) is 13.4. The summed E-state index contributed by atoms with van der Waals surface area (Å²) in [4.78, 5) is 18.3. The minimum absolute atomic E-state index is 0. The number of benzene rings is 2. The molecule has 4 aliphatic rings. The van der Waals surface area contributed by atoms with E-state index in [0.29, 0.717) is 0 Å². The van der Waals surface area contributed by atoms with E-state index < -0.39 is 0 Å². The van der Waals surface area contributed by atoms with Crippen LogP contribution in [0.3, 0.4) is 0 Å². The maximum atomic E-state index is 5.23. The molecule has 0 radical (unpaired) electrons. The first kappa shape index (κ1) is 61.2. The zero-order valence-corrected chi connectivity index (χ0v) is 54.9. The molecule has 14 rings (SSSR count). The average molecular weight is 1310 g/mol. The summed E-state index contributed by atoms with van der Waals surface area (Å²) >= 11 is 0. The van der Waals surface area contributed by atoms with Crippen molar-refractivity contribution in [1.29, 1.82) is 0 Å². The Morgan fingerprint density at radius 2 is 0.812 bits per heavy atom. The topological polar surface area (TPSA) is 163 Å². The maximum Gasteiger partial charge on any atom is 2.00 e. The van der Waals surface area contributed by atoms with Gasteiger partial charge in [-0.15, -0.1) is 0 Å². The van der Waals surface area contributed by atoms with Gasteiger partial charge in [0, 0.05) is 91.1 Å². The van der Waals surface area contributed by atoms with Crippen LogP contribution in [0.2, 0.25) is 0 Å². The summed E-state index contributed by atoms with van der Waals surface area (Å²) in [5.41, 5.74) is 21.2. The van der Waals surface area contributed by atoms with E-state index in [-0.39, 0.29) is 53.6 Å². The van der Waals surface area contributed by atoms with Gasteiger partial charge in [0.2, 0.25) is 0 Å². The third-order valence-corrected chi connectivity index (χ3v) is 18.4. The molecule has 444 valence electrons. The fourth-order valence-corrected chi connectivity index (χ4v) is 13.4. The van der Waals surface area contributed by atoms with Crippen molar-refractivity contribution in [1.82, 2.24) is 60.7 Å². The third-order valence-electron chi connectivity index (χ3n) is 18.4. The normalized spacial score (nSPS) is 17.0. The molecule has 0 saturated carbocycles. The van der Waals surface area contributed by atoms with E-state index in [1.165, 1.54) is 75.8 Å². The molecular weight excluding hydrogens is 1230 g/mol. The molecule has 85 heavy (non-hydrogen) atoms. The standard InChI is InChI=1S/C27H31N5.C27H29N5.2C9H13N.Pt/c2*1-26(2)13-7-11-18-21(29-31-24(18)26)20-15-16-9-5-6-10-17(16)22(28-20)23-19-12-8-14-27(3,4)25(19)32-30-23;2*1-9(2,3)8-4-6-10-7-5-8;/h5-6,9-10,15H,7-8,11-14H2,1-4H3,(H,29,31)(H,30,32);5-6,9-10,15H,7-8,11-14H2,1-4H3;2*4-7H,1-3H3;/q;-2;;;+2. The Balaban J connectivity index is 0.000000142. The van der Waals surface area contributed by atoms with Crippen molar-refractivity contribution < 1.29 is 21.1 Å². The minimum atomic E-state index is 0. The SMILES string of the molecule is CC(C)(C)c1ccncc1.CC(C)(C)c1ccncc1.CC1(C)CCCc2c(-c3cc4ccccc4c(-c4n[nH]c5c4CCCC5(C)C)n3)n[nH]c21.CC1(C)CCCc2c1n[n-]c2-c1cc2ccccc2c(-c2[n-]nc3c2CCCC3(C)C)n1.[Pt+2]. The summed E-state index contributed by atoms with van der Waals surface area (Å²) in [6, 6.07) is 29.6. The van der Waals surface area contributed by atoms with Crippen molar-refractivity contribution in [3.63, 3.8) is 0 Å². The van der Waals surface area contributed by atoms with Crippen LogP contribution < -0.4 is 10.2 Å². The van der Waals surface area contributed by atoms with E-state index in [0.717, 1.165) is 124 Å². The number of nitrogens with zero attached hydrogens (tertiary/aromatic N) is 10. The van der Waals surface area contributed by atoms with Gasteiger partial charge in [-0.25, -0.2) is 4.98 Å². The Morgan fingerprint density at radius 3 is 1.29 bits per heavy atom. The predicted octanol–water partition coefficient (Wildman–Crippen LogP) is 16.5. The van der Waals surface area contributed by atoms with Crippen LogP contribution in [-0.2, 0) is 79.2 Å². The van der Waals surface area contributed by atoms with Crippen molar-refractivity contribution in [2.24, 2.45) is 0 Å². The number of hydrogen-bond acceptors (Lipinski definition) is 8. The Labute approximate surface area is 518 Å². The van der Waals surface area contributed by atoms with Crippen molar-refractivity contribution in [2.75, 3.05) is 0 Å². The molecule has 13 heteroatoms. The average Bonchev–Trinajstić information content (AvgIpc) is 2.75. The molecule has 0 atom stereocenters. The number of nitrogens with one attached hydrogen (secondary N) is 2. The minimum Gasteiger partial charge on any atom is -0.573 e. The van der Waals surface area contributed by atoms with E-state index in [9.17, 15) is 0 Å². The van der Waals surface area contributed by atoms with Crippen molar-refractivity contribution in [2.45, 2.75) is 206 Å². The molecule has 0 saturated heterocycles. The van der Waals surface area contributed by atoms with Crippen LogP contribution in [0, 0.1) is 0 Å². The molecule has 12 nitrogen and oxygen atoms in total. The second-order valence-corrected chi connectivity index (χ2v) is 28.7. The van der Waals surface area contributed by atoms with Gasteiger partial charge in [0.1, 0.15) is 11.4 Å². The second-order valence-electron chi connectivity index (χ2n) is 28.7. The Morgan fingerprint density at radius 1 is 0.424 bits per heavy atom. The van der Waals surface area contributed by atoms with E-state index in [1.54, 1.807) is 0 Å². The maximum absolute atomic E-state index is 5.23. The molecule has 0 aliphatic heterocycles. The number of aromatic nitrogens is 12. The van der Waals surface area contributed by atoms with Crippen LogP contribution in [0.1, 0.15) is 204 Å². The number of rotatable bonds is 4. The van der Waals surface area contributed by atoms with Gasteiger partial charge in [0.05, 0.1) is 22.8 Å². The van der Waals surface area contributed by atoms with E-state index >= 15 is 0 Å². The van der Waals surface area contributed by atoms with Gasteiger partial charge in [-0.2, -0.15) is 10.2 Å². The molecule has 10 aromatic rings. The Hall–Kier alpha value is -6.91. The molecule has 0 bridgehead atoms. The first-order valence-corrected chi connectivity index (χ1v) is 30.7. The zero-order chi connectivity index (χ0) is 59.4. The smallest absolute Gasteiger partial charge is 0.573 e. The first-order valence-electron chi connectivity index (χ1n) is 30.7. The number of aromatic amines is 2. The number of hydrogen-bond donors (Lipinski definition) is 2. The molecule has 4 aliphatic carbocycles. The fraction of sp³-hybridized carbons (Fsp3) is 0.444. The number of fused-ring (bicyclic) bond motifs is 6. The van der Waals surface area contributed by atoms with Crippen molar-refractivity contribution in [3.05, 3.63) is 166 Å². The van der Waals surface area contributed by atoms with Crippen LogP contribution in [0.4, 0.5) is 0 Å². The largest absolute Gasteiger partial charge is 2.00 e. The van der Waals surface area contributed by atoms with E-state index in [2.05, 4.69) is 217 Å². The van der Waals surface area contributed by atoms with Crippen LogP contribution in [-0.4, -0.2) is 50.5 Å². The Bertz CT molecular complexity index is 3700. The van der Waals surface area contributed by atoms with E-state index in [4.69, 9.17) is 25.3 Å². The van der Waals surface area contributed by atoms with Gasteiger partial charge in [0.15, 0.2) is 0 Å². The monoisotopic (exact) mass is 1310 g/mol. The summed E-state index contributed by atoms with van der Waals surface area (Å²) < 4.78 is 0. The summed E-state index contributed by atoms with van der Waals surface area (Å²) in [6.07, 6.45) is 20.9.